The van der Waals surface area contributed by atoms with Crippen LogP contribution in [0.25, 0.3) is 0 Å². The Balaban J connectivity index is 1.52. The van der Waals surface area contributed by atoms with Gasteiger partial charge in [-0.3, -0.25) is 14.6 Å². The van der Waals surface area contributed by atoms with Crippen molar-refractivity contribution in [2.24, 2.45) is 16.6 Å². The van der Waals surface area contributed by atoms with Gasteiger partial charge < -0.3 is 30.3 Å². The number of allylic oxidation sites excluding steroid dienone is 4. The molecule has 0 bridgehead atoms. The minimum absolute atomic E-state index is 0.00371. The molecule has 3 aliphatic rings. The SMILES string of the molecule is CCc1ccc(F)c(C(N)=NC(C(=O)N2CCC3(CC2)C(=O)N(C)CN3C2=CC=C(OCC(=O)O)C=CC2)C(C)C)c1. The average Bonchev–Trinajstić information content (AvgIpc) is 3.11. The van der Waals surface area contributed by atoms with E-state index in [0.29, 0.717) is 44.8 Å². The Kier molecular flexibility index (Phi) is 9.38. The monoisotopic (exact) mass is 581 g/mol. The highest BCUT2D eigenvalue weighted by atomic mass is 19.1. The van der Waals surface area contributed by atoms with Crippen LogP contribution in [-0.2, 0) is 25.5 Å². The Hall–Kier alpha value is -4.15. The van der Waals surface area contributed by atoms with E-state index in [1.165, 1.54) is 6.07 Å². The van der Waals surface area contributed by atoms with Crippen molar-refractivity contribution in [3.8, 4) is 0 Å². The number of amides is 2. The number of rotatable bonds is 9. The third kappa shape index (κ3) is 6.34. The smallest absolute Gasteiger partial charge is 0.341 e. The average molecular weight is 582 g/mol. The summed E-state index contributed by atoms with van der Waals surface area (Å²) < 4.78 is 19.9. The zero-order valence-electron chi connectivity index (χ0n) is 24.7. The number of benzene rings is 1. The number of hydrogen-bond donors (Lipinski definition) is 2. The van der Waals surface area contributed by atoms with Crippen molar-refractivity contribution in [2.75, 3.05) is 33.4 Å². The minimum Gasteiger partial charge on any atom is -0.482 e. The van der Waals surface area contributed by atoms with E-state index in [0.717, 1.165) is 17.7 Å². The first-order chi connectivity index (χ1) is 20.0. The summed E-state index contributed by atoms with van der Waals surface area (Å²) >= 11 is 0. The zero-order valence-corrected chi connectivity index (χ0v) is 24.7. The summed E-state index contributed by atoms with van der Waals surface area (Å²) in [7, 11) is 1.77. The molecule has 226 valence electrons. The molecule has 2 saturated heterocycles. The molecular weight excluding hydrogens is 541 g/mol. The maximum Gasteiger partial charge on any atom is 0.341 e. The Bertz CT molecular complexity index is 1340. The Morgan fingerprint density at radius 1 is 1.21 bits per heavy atom. The van der Waals surface area contributed by atoms with Crippen LogP contribution in [0.1, 0.15) is 51.2 Å². The van der Waals surface area contributed by atoms with Crippen LogP contribution in [0.15, 0.2) is 59.0 Å². The van der Waals surface area contributed by atoms with Crippen molar-refractivity contribution in [3.05, 3.63) is 70.9 Å². The highest BCUT2D eigenvalue weighted by molar-refractivity contribution is 5.99. The fourth-order valence-electron chi connectivity index (χ4n) is 5.75. The molecule has 1 aromatic carbocycles. The van der Waals surface area contributed by atoms with Gasteiger partial charge in [0.1, 0.15) is 29.0 Å². The standard InChI is InChI=1S/C31H40FN5O5/c1-5-21-9-12-25(32)24(17-21)28(33)34-27(20(2)3)29(40)36-15-13-31(14-16-36)30(41)35(4)19-37(31)22-7-6-8-23(11-10-22)42-18-26(38)39/h6,8-12,17,20,27H,5,7,13-16,18-19H2,1-4H3,(H2,33,34)(H,38,39). The number of carboxylic acids is 1. The number of likely N-dealkylation sites (N-methyl/N-ethyl adjacent to an activating group) is 1. The first-order valence-corrected chi connectivity index (χ1v) is 14.3. The predicted octanol–water partition coefficient (Wildman–Crippen LogP) is 3.04. The number of aliphatic carboxylic acids is 1. The molecule has 1 aliphatic carbocycles. The molecule has 2 aliphatic heterocycles. The highest BCUT2D eigenvalue weighted by Gasteiger charge is 2.53. The molecule has 42 heavy (non-hydrogen) atoms. The maximum absolute atomic E-state index is 14.6. The lowest BCUT2D eigenvalue weighted by molar-refractivity contribution is -0.141. The van der Waals surface area contributed by atoms with Crippen LogP contribution in [0.4, 0.5) is 4.39 Å². The molecule has 0 aromatic heterocycles. The summed E-state index contributed by atoms with van der Waals surface area (Å²) in [5.41, 5.74) is 7.46. The van der Waals surface area contributed by atoms with Gasteiger partial charge >= 0.3 is 5.97 Å². The number of carbonyl (C=O) groups excluding carboxylic acids is 2. The summed E-state index contributed by atoms with van der Waals surface area (Å²) in [6, 6.07) is 3.96. The second-order valence-corrected chi connectivity index (χ2v) is 11.3. The molecule has 2 heterocycles. The molecule has 1 atom stereocenters. The molecular formula is C31H40FN5O5. The second-order valence-electron chi connectivity index (χ2n) is 11.3. The number of aryl methyl sites for hydroxylation is 1. The van der Waals surface area contributed by atoms with Crippen molar-refractivity contribution in [2.45, 2.75) is 58.0 Å². The van der Waals surface area contributed by atoms with E-state index in [2.05, 4.69) is 9.89 Å². The van der Waals surface area contributed by atoms with Gasteiger partial charge in [-0.1, -0.05) is 32.9 Å². The Labute approximate surface area is 246 Å². The van der Waals surface area contributed by atoms with Crippen molar-refractivity contribution in [1.82, 2.24) is 14.7 Å². The van der Waals surface area contributed by atoms with Crippen LogP contribution in [0.2, 0.25) is 0 Å². The summed E-state index contributed by atoms with van der Waals surface area (Å²) in [5.74, 6) is -1.48. The van der Waals surface area contributed by atoms with E-state index in [9.17, 15) is 18.8 Å². The molecule has 0 saturated carbocycles. The molecule has 1 aromatic rings. The van der Waals surface area contributed by atoms with E-state index in [-0.39, 0.29) is 29.1 Å². The van der Waals surface area contributed by atoms with Crippen LogP contribution in [-0.4, -0.2) is 88.4 Å². The van der Waals surface area contributed by atoms with Crippen molar-refractivity contribution in [1.29, 1.82) is 0 Å². The maximum atomic E-state index is 14.6. The lowest BCUT2D eigenvalue weighted by atomic mass is 9.84. The third-order valence-electron chi connectivity index (χ3n) is 8.15. The lowest BCUT2D eigenvalue weighted by Gasteiger charge is -2.44. The predicted molar refractivity (Wildman–Crippen MR) is 157 cm³/mol. The van der Waals surface area contributed by atoms with Gasteiger partial charge in [-0.15, -0.1) is 0 Å². The van der Waals surface area contributed by atoms with Crippen molar-refractivity contribution < 1.29 is 28.6 Å². The molecule has 0 radical (unpaired) electrons. The van der Waals surface area contributed by atoms with Crippen molar-refractivity contribution in [3.63, 3.8) is 0 Å². The summed E-state index contributed by atoms with van der Waals surface area (Å²) in [4.78, 5) is 48.2. The Morgan fingerprint density at radius 3 is 2.57 bits per heavy atom. The second kappa shape index (κ2) is 12.8. The molecule has 2 fully saturated rings. The third-order valence-corrected chi connectivity index (χ3v) is 8.15. The summed E-state index contributed by atoms with van der Waals surface area (Å²) in [6.07, 6.45) is 9.32. The largest absolute Gasteiger partial charge is 0.482 e. The number of carbonyl (C=O) groups is 3. The number of hydrogen-bond acceptors (Lipinski definition) is 6. The molecule has 11 heteroatoms. The number of likely N-dealkylation sites (tertiary alicyclic amines) is 1. The van der Waals surface area contributed by atoms with Gasteiger partial charge in [-0.05, 0) is 61.1 Å². The summed E-state index contributed by atoms with van der Waals surface area (Å²) in [5, 5.41) is 8.91. The fourth-order valence-corrected chi connectivity index (χ4v) is 5.75. The van der Waals surface area contributed by atoms with Crippen LogP contribution >= 0.6 is 0 Å². The number of amidine groups is 1. The van der Waals surface area contributed by atoms with E-state index < -0.39 is 30.0 Å². The van der Waals surface area contributed by atoms with Gasteiger partial charge in [0.25, 0.3) is 0 Å². The van der Waals surface area contributed by atoms with Gasteiger partial charge in [0.2, 0.25) is 11.8 Å². The molecule has 2 amide bonds. The van der Waals surface area contributed by atoms with Crippen LogP contribution in [0.5, 0.6) is 0 Å². The normalized spacial score (nSPS) is 19.6. The first kappa shape index (κ1) is 30.8. The number of nitrogens with two attached hydrogens (primary N) is 1. The van der Waals surface area contributed by atoms with Gasteiger partial charge in [0.05, 0.1) is 12.2 Å². The van der Waals surface area contributed by atoms with E-state index in [4.69, 9.17) is 15.6 Å². The minimum atomic E-state index is -1.06. The Morgan fingerprint density at radius 2 is 1.93 bits per heavy atom. The number of halogens is 1. The lowest BCUT2D eigenvalue weighted by Crippen LogP contribution is -2.57. The number of nitrogens with zero attached hydrogens (tertiary/aromatic N) is 4. The quantitative estimate of drug-likeness (QED) is 0.339. The van der Waals surface area contributed by atoms with Gasteiger partial charge in [0, 0.05) is 32.3 Å². The molecule has 10 nitrogen and oxygen atoms in total. The highest BCUT2D eigenvalue weighted by Crippen LogP contribution is 2.39. The first-order valence-electron chi connectivity index (χ1n) is 14.3. The van der Waals surface area contributed by atoms with Crippen LogP contribution in [0.3, 0.4) is 0 Å². The van der Waals surface area contributed by atoms with E-state index in [1.54, 1.807) is 41.1 Å². The number of piperidine rings is 1. The van der Waals surface area contributed by atoms with Crippen molar-refractivity contribution >= 4 is 23.6 Å². The number of aliphatic imine (C=N–C) groups is 1. The van der Waals surface area contributed by atoms with E-state index in [1.807, 2.05) is 32.9 Å². The molecule has 3 N–H and O–H groups in total. The van der Waals surface area contributed by atoms with Gasteiger partial charge in [-0.25, -0.2) is 9.18 Å². The van der Waals surface area contributed by atoms with Gasteiger partial charge in [0.15, 0.2) is 6.61 Å². The number of ether oxygens (including phenoxy) is 1. The number of carboxylic acid groups (broad SMARTS) is 1. The van der Waals surface area contributed by atoms with Gasteiger partial charge in [-0.2, -0.15) is 0 Å². The topological polar surface area (TPSA) is 129 Å². The van der Waals surface area contributed by atoms with Crippen LogP contribution in [0, 0.1) is 11.7 Å². The molecule has 1 unspecified atom stereocenters. The van der Waals surface area contributed by atoms with Crippen LogP contribution < -0.4 is 5.73 Å². The molecule has 4 rings (SSSR count). The summed E-state index contributed by atoms with van der Waals surface area (Å²) in [6.45, 7) is 6.42. The fraction of sp³-hybridized carbons (Fsp3) is 0.484. The molecule has 1 spiro atoms. The van der Waals surface area contributed by atoms with E-state index >= 15 is 0 Å². The zero-order chi connectivity index (χ0) is 30.6.